The molecule has 10 heteroatoms. The fraction of sp³-hybridized carbons (Fsp3) is 0.435. The normalized spacial score (nSPS) is 17.3. The number of morpholine rings is 1. The zero-order valence-electron chi connectivity index (χ0n) is 18.7. The Bertz CT molecular complexity index is 1130. The summed E-state index contributed by atoms with van der Waals surface area (Å²) in [6, 6.07) is 5.76. The lowest BCUT2D eigenvalue weighted by Gasteiger charge is -2.32. The highest BCUT2D eigenvalue weighted by Gasteiger charge is 2.26. The topological polar surface area (TPSA) is 110 Å². The number of carbonyl (C=O) groups is 1. The average molecular weight is 453 g/mol. The molecule has 2 aliphatic rings. The summed E-state index contributed by atoms with van der Waals surface area (Å²) < 4.78 is 16.2. The number of aromatic nitrogens is 2. The van der Waals surface area contributed by atoms with Gasteiger partial charge in [0.15, 0.2) is 0 Å². The van der Waals surface area contributed by atoms with E-state index in [0.29, 0.717) is 69.0 Å². The first-order valence-electron chi connectivity index (χ1n) is 11.2. The molecule has 2 N–H and O–H groups in total. The van der Waals surface area contributed by atoms with Crippen LogP contribution in [-0.2, 0) is 4.74 Å². The standard InChI is InChI=1S/C23H28N6O4/c1-31-20-14-19-18(13-17(20)16-3-10-33-15-16)21(24)26-22(25-19)27-4-2-5-28(7-6-27)23(30)29-8-11-32-12-9-29/h3,10,13-15H,2,4-9,11-12H2,1H3,(H2,24,25,26). The number of nitrogen functional groups attached to an aromatic ring is 1. The Morgan fingerprint density at radius 2 is 1.88 bits per heavy atom. The summed E-state index contributed by atoms with van der Waals surface area (Å²) >= 11 is 0. The van der Waals surface area contributed by atoms with Crippen molar-refractivity contribution in [3.05, 3.63) is 30.7 Å². The second-order valence-corrected chi connectivity index (χ2v) is 8.20. The maximum absolute atomic E-state index is 12.9. The third-order valence-corrected chi connectivity index (χ3v) is 6.20. The number of fused-ring (bicyclic) bond motifs is 1. The minimum absolute atomic E-state index is 0.0793. The highest BCUT2D eigenvalue weighted by atomic mass is 16.5. The number of rotatable bonds is 3. The van der Waals surface area contributed by atoms with Crippen molar-refractivity contribution in [2.24, 2.45) is 0 Å². The van der Waals surface area contributed by atoms with E-state index in [1.807, 2.05) is 28.0 Å². The Kier molecular flexibility index (Phi) is 5.91. The monoisotopic (exact) mass is 452 g/mol. The number of hydrogen-bond acceptors (Lipinski definition) is 8. The number of furan rings is 1. The molecule has 2 amide bonds. The zero-order chi connectivity index (χ0) is 22.8. The summed E-state index contributed by atoms with van der Waals surface area (Å²) in [6.45, 7) is 5.20. The first-order valence-corrected chi connectivity index (χ1v) is 11.2. The quantitative estimate of drug-likeness (QED) is 0.645. The molecule has 0 radical (unpaired) electrons. The van der Waals surface area contributed by atoms with Gasteiger partial charge in [-0.25, -0.2) is 9.78 Å². The maximum atomic E-state index is 12.9. The molecule has 4 heterocycles. The Hall–Kier alpha value is -3.53. The van der Waals surface area contributed by atoms with E-state index in [2.05, 4.69) is 9.88 Å². The molecule has 174 valence electrons. The molecule has 2 saturated heterocycles. The lowest BCUT2D eigenvalue weighted by molar-refractivity contribution is 0.0438. The van der Waals surface area contributed by atoms with Gasteiger partial charge in [0.2, 0.25) is 5.95 Å². The molecule has 0 aliphatic carbocycles. The molecule has 3 aromatic rings. The summed E-state index contributed by atoms with van der Waals surface area (Å²) in [5.74, 6) is 1.66. The van der Waals surface area contributed by atoms with Crippen LogP contribution in [0.5, 0.6) is 5.75 Å². The van der Waals surface area contributed by atoms with Crippen LogP contribution in [0.15, 0.2) is 35.1 Å². The second-order valence-electron chi connectivity index (χ2n) is 8.20. The number of hydrogen-bond donors (Lipinski definition) is 1. The van der Waals surface area contributed by atoms with Crippen LogP contribution in [-0.4, -0.2) is 85.4 Å². The summed E-state index contributed by atoms with van der Waals surface area (Å²) in [5, 5.41) is 0.759. The van der Waals surface area contributed by atoms with Gasteiger partial charge >= 0.3 is 6.03 Å². The van der Waals surface area contributed by atoms with Gasteiger partial charge in [0.05, 0.1) is 38.4 Å². The molecule has 0 atom stereocenters. The van der Waals surface area contributed by atoms with Crippen LogP contribution in [0.2, 0.25) is 0 Å². The predicted molar refractivity (Wildman–Crippen MR) is 124 cm³/mol. The number of benzene rings is 1. The highest BCUT2D eigenvalue weighted by Crippen LogP contribution is 2.36. The Morgan fingerprint density at radius 3 is 2.64 bits per heavy atom. The van der Waals surface area contributed by atoms with Crippen LogP contribution in [0.3, 0.4) is 0 Å². The van der Waals surface area contributed by atoms with Crippen molar-refractivity contribution in [1.82, 2.24) is 19.8 Å². The Morgan fingerprint density at radius 1 is 1.06 bits per heavy atom. The first-order chi connectivity index (χ1) is 16.1. The van der Waals surface area contributed by atoms with Crippen molar-refractivity contribution in [2.75, 3.05) is 70.2 Å². The minimum atomic E-state index is 0.0793. The fourth-order valence-corrected chi connectivity index (χ4v) is 4.38. The fourth-order valence-electron chi connectivity index (χ4n) is 4.38. The summed E-state index contributed by atoms with van der Waals surface area (Å²) in [7, 11) is 1.63. The third-order valence-electron chi connectivity index (χ3n) is 6.20. The van der Waals surface area contributed by atoms with Gasteiger partial charge in [-0.05, 0) is 18.6 Å². The molecular formula is C23H28N6O4. The van der Waals surface area contributed by atoms with Gasteiger partial charge in [-0.1, -0.05) is 0 Å². The van der Waals surface area contributed by atoms with Crippen LogP contribution >= 0.6 is 0 Å². The van der Waals surface area contributed by atoms with E-state index in [-0.39, 0.29) is 6.03 Å². The van der Waals surface area contributed by atoms with E-state index < -0.39 is 0 Å². The molecule has 0 spiro atoms. The molecule has 1 aromatic carbocycles. The van der Waals surface area contributed by atoms with Gasteiger partial charge in [0.25, 0.3) is 0 Å². The predicted octanol–water partition coefficient (Wildman–Crippen LogP) is 2.44. The van der Waals surface area contributed by atoms with Gasteiger partial charge in [0.1, 0.15) is 11.6 Å². The second kappa shape index (κ2) is 9.14. The van der Waals surface area contributed by atoms with Crippen LogP contribution in [0.1, 0.15) is 6.42 Å². The smallest absolute Gasteiger partial charge is 0.320 e. The number of anilines is 2. The lowest BCUT2D eigenvalue weighted by atomic mass is 10.0. The van der Waals surface area contributed by atoms with Gasteiger partial charge in [0, 0.05) is 61.8 Å². The van der Waals surface area contributed by atoms with Crippen molar-refractivity contribution < 1.29 is 18.7 Å². The van der Waals surface area contributed by atoms with Crippen molar-refractivity contribution >= 4 is 28.7 Å². The molecule has 33 heavy (non-hydrogen) atoms. The van der Waals surface area contributed by atoms with Gasteiger partial charge < -0.3 is 34.3 Å². The molecule has 5 rings (SSSR count). The third kappa shape index (κ3) is 4.25. The number of amides is 2. The molecule has 2 aliphatic heterocycles. The largest absolute Gasteiger partial charge is 0.496 e. The number of methoxy groups -OCH3 is 1. The van der Waals surface area contributed by atoms with E-state index in [9.17, 15) is 4.79 Å². The maximum Gasteiger partial charge on any atom is 0.320 e. The molecule has 2 aromatic heterocycles. The van der Waals surface area contributed by atoms with E-state index in [1.54, 1.807) is 19.6 Å². The molecule has 0 unspecified atom stereocenters. The highest BCUT2D eigenvalue weighted by molar-refractivity contribution is 5.95. The molecule has 10 nitrogen and oxygen atoms in total. The Balaban J connectivity index is 1.38. The van der Waals surface area contributed by atoms with Crippen LogP contribution < -0.4 is 15.4 Å². The van der Waals surface area contributed by atoms with E-state index in [4.69, 9.17) is 24.6 Å². The van der Waals surface area contributed by atoms with Gasteiger partial charge in [-0.15, -0.1) is 0 Å². The minimum Gasteiger partial charge on any atom is -0.496 e. The zero-order valence-corrected chi connectivity index (χ0v) is 18.7. The average Bonchev–Trinajstić information content (AvgIpc) is 3.27. The molecule has 2 fully saturated rings. The van der Waals surface area contributed by atoms with Crippen molar-refractivity contribution in [3.8, 4) is 16.9 Å². The first kappa shape index (κ1) is 21.3. The van der Waals surface area contributed by atoms with Crippen LogP contribution in [0.4, 0.5) is 16.6 Å². The molecule has 0 saturated carbocycles. The number of ether oxygens (including phenoxy) is 2. The number of nitrogens with zero attached hydrogens (tertiary/aromatic N) is 5. The number of carbonyl (C=O) groups excluding carboxylic acids is 1. The van der Waals surface area contributed by atoms with Crippen molar-refractivity contribution in [3.63, 3.8) is 0 Å². The summed E-state index contributed by atoms with van der Waals surface area (Å²) in [5.41, 5.74) is 8.85. The number of urea groups is 1. The van der Waals surface area contributed by atoms with E-state index in [1.165, 1.54) is 0 Å². The van der Waals surface area contributed by atoms with E-state index >= 15 is 0 Å². The van der Waals surface area contributed by atoms with Gasteiger partial charge in [-0.3, -0.25) is 0 Å². The van der Waals surface area contributed by atoms with Crippen LogP contribution in [0.25, 0.3) is 22.0 Å². The Labute approximate surface area is 191 Å². The van der Waals surface area contributed by atoms with E-state index in [0.717, 1.165) is 29.5 Å². The summed E-state index contributed by atoms with van der Waals surface area (Å²) in [4.78, 5) is 28.2. The van der Waals surface area contributed by atoms with Crippen LogP contribution in [0, 0.1) is 0 Å². The summed E-state index contributed by atoms with van der Waals surface area (Å²) in [6.07, 6.45) is 4.12. The van der Waals surface area contributed by atoms with Crippen molar-refractivity contribution in [1.29, 1.82) is 0 Å². The van der Waals surface area contributed by atoms with Crippen molar-refractivity contribution in [2.45, 2.75) is 6.42 Å². The lowest BCUT2D eigenvalue weighted by Crippen LogP contribution is -2.49. The number of nitrogens with two attached hydrogens (primary N) is 1. The van der Waals surface area contributed by atoms with Gasteiger partial charge in [-0.2, -0.15) is 4.98 Å². The molecular weight excluding hydrogens is 424 g/mol. The SMILES string of the molecule is COc1cc2nc(N3CCCN(C(=O)N4CCOCC4)CC3)nc(N)c2cc1-c1ccoc1. The molecule has 0 bridgehead atoms.